The van der Waals surface area contributed by atoms with Crippen LogP contribution in [0.4, 0.5) is 28.0 Å². The van der Waals surface area contributed by atoms with Crippen LogP contribution < -0.4 is 15.5 Å². The van der Waals surface area contributed by atoms with Crippen LogP contribution in [0, 0.1) is 11.6 Å². The van der Waals surface area contributed by atoms with Crippen molar-refractivity contribution < 1.29 is 32.3 Å². The van der Waals surface area contributed by atoms with Gasteiger partial charge in [0.1, 0.15) is 11.6 Å². The fourth-order valence-corrected chi connectivity index (χ4v) is 4.42. The molecule has 1 aliphatic heterocycles. The van der Waals surface area contributed by atoms with E-state index in [1.54, 1.807) is 11.8 Å². The number of halogens is 4. The number of nitrogens with zero attached hydrogens (tertiary/aromatic N) is 2. The number of aromatic nitrogens is 1. The lowest BCUT2D eigenvalue weighted by molar-refractivity contribution is -0.0901. The van der Waals surface area contributed by atoms with Crippen molar-refractivity contribution in [3.8, 4) is 11.1 Å². The molecular formula is C22H22F4N4O3. The minimum atomic E-state index is -2.82. The topological polar surface area (TPSA) is 94.6 Å². The van der Waals surface area contributed by atoms with Crippen molar-refractivity contribution in [1.29, 1.82) is 0 Å². The number of alkyl halides is 2. The zero-order valence-corrected chi connectivity index (χ0v) is 17.7. The molecule has 7 nitrogen and oxygen atoms in total. The van der Waals surface area contributed by atoms with Crippen molar-refractivity contribution in [3.63, 3.8) is 0 Å². The van der Waals surface area contributed by atoms with Gasteiger partial charge in [-0.15, -0.1) is 0 Å². The zero-order valence-electron chi connectivity index (χ0n) is 17.7. The minimum absolute atomic E-state index is 0.0481. The Labute approximate surface area is 186 Å². The molecule has 1 saturated heterocycles. The summed E-state index contributed by atoms with van der Waals surface area (Å²) in [6.45, 7) is 2.23. The highest BCUT2D eigenvalue weighted by Gasteiger charge is 2.46. The van der Waals surface area contributed by atoms with Gasteiger partial charge in [-0.2, -0.15) is 0 Å². The molecular weight excluding hydrogens is 444 g/mol. The number of carbonyl (C=O) groups is 2. The molecule has 0 bridgehead atoms. The number of pyridine rings is 1. The number of amides is 2. The van der Waals surface area contributed by atoms with Gasteiger partial charge < -0.3 is 20.6 Å². The quantitative estimate of drug-likeness (QED) is 0.583. The van der Waals surface area contributed by atoms with Gasteiger partial charge in [-0.3, -0.25) is 9.78 Å². The fraction of sp³-hybridized carbons (Fsp3) is 0.409. The Bertz CT molecular complexity index is 1080. The average molecular weight is 466 g/mol. The van der Waals surface area contributed by atoms with Gasteiger partial charge in [0.15, 0.2) is 0 Å². The van der Waals surface area contributed by atoms with Gasteiger partial charge in [0.05, 0.1) is 16.8 Å². The van der Waals surface area contributed by atoms with Gasteiger partial charge >= 0.3 is 6.09 Å². The normalized spacial score (nSPS) is 22.0. The highest BCUT2D eigenvalue weighted by Crippen LogP contribution is 2.40. The third-order valence-electron chi connectivity index (χ3n) is 5.96. The summed E-state index contributed by atoms with van der Waals surface area (Å²) in [5.41, 5.74) is -0.0794. The summed E-state index contributed by atoms with van der Waals surface area (Å²) in [6, 6.07) is 2.21. The van der Waals surface area contributed by atoms with E-state index in [4.69, 9.17) is 5.11 Å². The Morgan fingerprint density at radius 1 is 1.15 bits per heavy atom. The summed E-state index contributed by atoms with van der Waals surface area (Å²) in [5.74, 6) is -5.10. The Kier molecular flexibility index (Phi) is 5.67. The van der Waals surface area contributed by atoms with Crippen LogP contribution in [-0.4, -0.2) is 52.7 Å². The van der Waals surface area contributed by atoms with Gasteiger partial charge in [-0.1, -0.05) is 0 Å². The van der Waals surface area contributed by atoms with E-state index in [2.05, 4.69) is 15.6 Å². The number of hydrogen-bond acceptors (Lipinski definition) is 4. The predicted octanol–water partition coefficient (Wildman–Crippen LogP) is 3.79. The Morgan fingerprint density at radius 3 is 2.42 bits per heavy atom. The van der Waals surface area contributed by atoms with Crippen molar-refractivity contribution in [2.45, 2.75) is 43.7 Å². The van der Waals surface area contributed by atoms with Crippen molar-refractivity contribution in [2.75, 3.05) is 18.0 Å². The molecule has 1 unspecified atom stereocenters. The van der Waals surface area contributed by atoms with Crippen molar-refractivity contribution >= 4 is 17.7 Å². The number of rotatable bonds is 5. The lowest BCUT2D eigenvalue weighted by Crippen LogP contribution is -2.50. The Balaban J connectivity index is 1.74. The molecule has 2 heterocycles. The second-order valence-electron chi connectivity index (χ2n) is 8.84. The molecule has 1 atom stereocenters. The van der Waals surface area contributed by atoms with Crippen molar-refractivity contribution in [3.05, 3.63) is 47.8 Å². The first-order valence-electron chi connectivity index (χ1n) is 10.3. The third kappa shape index (κ3) is 4.86. The molecule has 3 N–H and O–H groups in total. The zero-order chi connectivity index (χ0) is 24.0. The van der Waals surface area contributed by atoms with Crippen LogP contribution in [0.2, 0.25) is 0 Å². The first-order chi connectivity index (χ1) is 15.4. The van der Waals surface area contributed by atoms with E-state index in [0.717, 1.165) is 12.1 Å². The monoisotopic (exact) mass is 466 g/mol. The first kappa shape index (κ1) is 22.8. The molecule has 2 fully saturated rings. The summed E-state index contributed by atoms with van der Waals surface area (Å²) in [6.07, 6.45) is 0.889. The summed E-state index contributed by atoms with van der Waals surface area (Å²) in [5, 5.41) is 14.2. The number of benzene rings is 1. The van der Waals surface area contributed by atoms with E-state index in [1.165, 1.54) is 12.4 Å². The highest BCUT2D eigenvalue weighted by molar-refractivity contribution is 6.03. The summed E-state index contributed by atoms with van der Waals surface area (Å²) >= 11 is 0. The molecule has 4 rings (SSSR count). The van der Waals surface area contributed by atoms with Crippen LogP contribution in [0.5, 0.6) is 0 Å². The second kappa shape index (κ2) is 8.20. The molecule has 1 saturated carbocycles. The lowest BCUT2D eigenvalue weighted by Gasteiger charge is -2.35. The SMILES string of the molecule is CC1(NC(=O)O)CCN(c2c(C(=O)NC3CC(F)(F)C3)cncc2-c2cc(F)cc(F)c2)C1. The number of carboxylic acid groups (broad SMARTS) is 1. The van der Waals surface area contributed by atoms with Crippen molar-refractivity contribution in [1.82, 2.24) is 15.6 Å². The van der Waals surface area contributed by atoms with E-state index in [0.29, 0.717) is 24.7 Å². The largest absolute Gasteiger partial charge is 0.465 e. The molecule has 1 aromatic heterocycles. The van der Waals surface area contributed by atoms with Crippen LogP contribution in [-0.2, 0) is 0 Å². The minimum Gasteiger partial charge on any atom is -0.465 e. The maximum absolute atomic E-state index is 13.9. The van der Waals surface area contributed by atoms with Crippen LogP contribution in [0.3, 0.4) is 0 Å². The molecule has 0 radical (unpaired) electrons. The number of anilines is 1. The van der Waals surface area contributed by atoms with E-state index < -0.39 is 54.0 Å². The Morgan fingerprint density at radius 2 is 1.82 bits per heavy atom. The van der Waals surface area contributed by atoms with E-state index in [1.807, 2.05) is 0 Å². The highest BCUT2D eigenvalue weighted by atomic mass is 19.3. The Hall–Kier alpha value is -3.37. The van der Waals surface area contributed by atoms with Crippen LogP contribution >= 0.6 is 0 Å². The van der Waals surface area contributed by atoms with Crippen LogP contribution in [0.25, 0.3) is 11.1 Å². The molecule has 11 heteroatoms. The molecule has 2 aromatic rings. The molecule has 33 heavy (non-hydrogen) atoms. The van der Waals surface area contributed by atoms with E-state index in [9.17, 15) is 27.2 Å². The van der Waals surface area contributed by atoms with Crippen LogP contribution in [0.15, 0.2) is 30.6 Å². The van der Waals surface area contributed by atoms with Gasteiger partial charge in [-0.05, 0) is 31.0 Å². The molecule has 176 valence electrons. The lowest BCUT2D eigenvalue weighted by atomic mass is 9.88. The standard InChI is InChI=1S/C22H22F4N4O3/c1-21(29-20(32)33)2-3-30(11-21)18-16(12-4-13(23)6-14(24)5-12)9-27-10-17(18)19(31)28-15-7-22(25,26)8-15/h4-6,9-10,15,29H,2-3,7-8,11H2,1H3,(H,28,31)(H,32,33). The molecule has 1 aliphatic carbocycles. The maximum atomic E-state index is 13.9. The molecule has 2 amide bonds. The van der Waals surface area contributed by atoms with Crippen molar-refractivity contribution in [2.24, 2.45) is 0 Å². The van der Waals surface area contributed by atoms with Gasteiger partial charge in [0, 0.05) is 56.0 Å². The summed E-state index contributed by atoms with van der Waals surface area (Å²) < 4.78 is 54.3. The molecule has 2 aliphatic rings. The van der Waals surface area contributed by atoms with Gasteiger partial charge in [0.2, 0.25) is 0 Å². The van der Waals surface area contributed by atoms with E-state index >= 15 is 0 Å². The van der Waals surface area contributed by atoms with Gasteiger partial charge in [0.25, 0.3) is 11.8 Å². The third-order valence-corrected chi connectivity index (χ3v) is 5.96. The van der Waals surface area contributed by atoms with E-state index in [-0.39, 0.29) is 23.2 Å². The number of hydrogen-bond donors (Lipinski definition) is 3. The maximum Gasteiger partial charge on any atom is 0.405 e. The number of carbonyl (C=O) groups excluding carboxylic acids is 1. The second-order valence-corrected chi connectivity index (χ2v) is 8.84. The number of nitrogens with one attached hydrogen (secondary N) is 2. The fourth-order valence-electron chi connectivity index (χ4n) is 4.42. The van der Waals surface area contributed by atoms with Crippen LogP contribution in [0.1, 0.15) is 36.5 Å². The summed E-state index contributed by atoms with van der Waals surface area (Å²) in [7, 11) is 0. The molecule has 0 spiro atoms. The predicted molar refractivity (Wildman–Crippen MR) is 111 cm³/mol. The average Bonchev–Trinajstić information content (AvgIpc) is 3.05. The first-order valence-corrected chi connectivity index (χ1v) is 10.3. The molecule has 1 aromatic carbocycles. The smallest absolute Gasteiger partial charge is 0.405 e. The van der Waals surface area contributed by atoms with Gasteiger partial charge in [-0.25, -0.2) is 22.4 Å². The summed E-state index contributed by atoms with van der Waals surface area (Å²) in [4.78, 5) is 30.0.